The summed E-state index contributed by atoms with van der Waals surface area (Å²) >= 11 is 0. The number of nitrogen functional groups attached to an aromatic ring is 1. The highest BCUT2D eigenvalue weighted by atomic mass is 19.4. The van der Waals surface area contributed by atoms with Gasteiger partial charge in [-0.15, -0.1) is 0 Å². The Morgan fingerprint density at radius 2 is 1.86 bits per heavy atom. The molecule has 3 N–H and O–H groups in total. The van der Waals surface area contributed by atoms with Crippen molar-refractivity contribution in [3.05, 3.63) is 65.2 Å². The van der Waals surface area contributed by atoms with Gasteiger partial charge in [0.25, 0.3) is 0 Å². The Morgan fingerprint density at radius 1 is 1.08 bits per heavy atom. The topological polar surface area (TPSA) is 89.1 Å². The molecule has 6 rings (SSSR count). The van der Waals surface area contributed by atoms with Gasteiger partial charge in [0.2, 0.25) is 0 Å². The molecule has 0 bridgehead atoms. The van der Waals surface area contributed by atoms with Gasteiger partial charge < -0.3 is 16.0 Å². The Bertz CT molecular complexity index is 1380. The number of nitrogens with two attached hydrogens (primary N) is 1. The molecule has 2 aromatic heterocycles. The lowest BCUT2D eigenvalue weighted by atomic mass is 9.72. The summed E-state index contributed by atoms with van der Waals surface area (Å²) in [6.45, 7) is 1.65. The van der Waals surface area contributed by atoms with Crippen molar-refractivity contribution in [2.75, 3.05) is 18.8 Å². The number of carbonyl (C=O) groups excluding carboxylic acids is 1. The van der Waals surface area contributed by atoms with Gasteiger partial charge in [-0.25, -0.2) is 14.2 Å². The zero-order valence-electron chi connectivity index (χ0n) is 20.0. The number of carbonyl (C=O) groups is 1. The molecule has 4 heterocycles. The lowest BCUT2D eigenvalue weighted by Crippen LogP contribution is -2.54. The quantitative estimate of drug-likeness (QED) is 0.491. The Balaban J connectivity index is 1.22. The molecular formula is C26H26F4N6O. The minimum atomic E-state index is -4.61. The fourth-order valence-electron chi connectivity index (χ4n) is 5.99. The van der Waals surface area contributed by atoms with Crippen LogP contribution >= 0.6 is 0 Å². The van der Waals surface area contributed by atoms with Crippen molar-refractivity contribution < 1.29 is 22.4 Å². The van der Waals surface area contributed by atoms with Crippen LogP contribution in [0, 0.1) is 5.82 Å². The van der Waals surface area contributed by atoms with Crippen LogP contribution in [0.5, 0.6) is 0 Å². The van der Waals surface area contributed by atoms with Crippen molar-refractivity contribution in [1.82, 2.24) is 25.0 Å². The molecule has 194 valence electrons. The number of aryl methyl sites for hydroxylation is 1. The van der Waals surface area contributed by atoms with E-state index in [-0.39, 0.29) is 22.8 Å². The number of hydrogen-bond donors (Lipinski definition) is 2. The Morgan fingerprint density at radius 3 is 2.57 bits per heavy atom. The summed E-state index contributed by atoms with van der Waals surface area (Å²) in [6.07, 6.45) is 0.681. The first-order valence-electron chi connectivity index (χ1n) is 12.3. The number of rotatable bonds is 3. The van der Waals surface area contributed by atoms with Crippen LogP contribution in [0.15, 0.2) is 42.6 Å². The Kier molecular flexibility index (Phi) is 5.26. The maximum absolute atomic E-state index is 13.9. The summed E-state index contributed by atoms with van der Waals surface area (Å²) in [5, 5.41) is 7.72. The van der Waals surface area contributed by atoms with Gasteiger partial charge in [0.1, 0.15) is 11.6 Å². The van der Waals surface area contributed by atoms with Crippen molar-refractivity contribution in [3.8, 4) is 11.3 Å². The molecule has 2 amide bonds. The van der Waals surface area contributed by atoms with E-state index >= 15 is 0 Å². The van der Waals surface area contributed by atoms with Crippen molar-refractivity contribution in [2.24, 2.45) is 0 Å². The van der Waals surface area contributed by atoms with E-state index in [1.165, 1.54) is 18.3 Å². The summed E-state index contributed by atoms with van der Waals surface area (Å²) in [5.41, 5.74) is 5.91. The zero-order chi connectivity index (χ0) is 26.0. The molecule has 1 saturated heterocycles. The number of amides is 2. The molecule has 37 heavy (non-hydrogen) atoms. The number of pyridine rings is 1. The third-order valence-corrected chi connectivity index (χ3v) is 8.22. The second-order valence-corrected chi connectivity index (χ2v) is 10.4. The fraction of sp³-hybridized carbons (Fsp3) is 0.423. The van der Waals surface area contributed by atoms with Crippen molar-refractivity contribution in [3.63, 3.8) is 0 Å². The van der Waals surface area contributed by atoms with Gasteiger partial charge in [-0.05, 0) is 61.9 Å². The van der Waals surface area contributed by atoms with E-state index in [0.29, 0.717) is 25.3 Å². The first-order chi connectivity index (χ1) is 17.6. The number of benzene rings is 1. The summed E-state index contributed by atoms with van der Waals surface area (Å²) in [4.78, 5) is 18.8. The van der Waals surface area contributed by atoms with E-state index in [2.05, 4.69) is 15.4 Å². The summed E-state index contributed by atoms with van der Waals surface area (Å²) in [7, 11) is 0. The Labute approximate surface area is 210 Å². The molecule has 1 spiro atoms. The molecule has 11 heteroatoms. The Hall–Kier alpha value is -3.63. The number of nitrogens with zero attached hydrogens (tertiary/aromatic N) is 4. The van der Waals surface area contributed by atoms with Crippen LogP contribution < -0.4 is 11.1 Å². The fourth-order valence-corrected chi connectivity index (χ4v) is 5.99. The molecule has 3 aliphatic rings. The number of anilines is 1. The number of aromatic nitrogens is 3. The maximum Gasteiger partial charge on any atom is 0.419 e. The largest absolute Gasteiger partial charge is 0.419 e. The maximum atomic E-state index is 13.9. The number of alkyl halides is 3. The smallest absolute Gasteiger partial charge is 0.383 e. The highest BCUT2D eigenvalue weighted by Crippen LogP contribution is 2.45. The molecule has 1 aromatic carbocycles. The molecule has 1 atom stereocenters. The van der Waals surface area contributed by atoms with Crippen molar-refractivity contribution >= 4 is 11.8 Å². The molecule has 7 nitrogen and oxygen atoms in total. The predicted octanol–water partition coefficient (Wildman–Crippen LogP) is 4.82. The minimum Gasteiger partial charge on any atom is -0.383 e. The van der Waals surface area contributed by atoms with E-state index < -0.39 is 23.1 Å². The monoisotopic (exact) mass is 514 g/mol. The van der Waals surface area contributed by atoms with E-state index in [0.717, 1.165) is 49.4 Å². The van der Waals surface area contributed by atoms with Gasteiger partial charge in [0.05, 0.1) is 16.8 Å². The number of hydrogen-bond acceptors (Lipinski definition) is 4. The van der Waals surface area contributed by atoms with E-state index in [9.17, 15) is 22.4 Å². The van der Waals surface area contributed by atoms with Gasteiger partial charge in [-0.2, -0.15) is 18.3 Å². The average molecular weight is 515 g/mol. The summed E-state index contributed by atoms with van der Waals surface area (Å²) in [5.74, 6) is -0.897. The van der Waals surface area contributed by atoms with Gasteiger partial charge in [0.15, 0.2) is 0 Å². The van der Waals surface area contributed by atoms with Crippen LogP contribution in [0.4, 0.5) is 28.2 Å². The minimum absolute atomic E-state index is 0.184. The number of likely N-dealkylation sites (tertiary alicyclic amines) is 1. The number of halogens is 4. The third-order valence-electron chi connectivity index (χ3n) is 8.22. The van der Waals surface area contributed by atoms with Crippen LogP contribution in [0.2, 0.25) is 0 Å². The molecule has 2 fully saturated rings. The second-order valence-electron chi connectivity index (χ2n) is 10.4. The standard InChI is InChI=1S/C26H26F4N6O/c27-18-4-1-3-17(12-18)25(5-2-6-25)33-23(37)35-9-7-24(15-35)8-10-36-21(24)13-20(34-36)16-11-19(26(28,29)30)22(31)32-14-16/h1,3-4,11-14H,2,5-10,15H2,(H2,31,32)(H,33,37)/t24-/m1/s1. The summed E-state index contributed by atoms with van der Waals surface area (Å²) in [6, 6.07) is 8.99. The summed E-state index contributed by atoms with van der Waals surface area (Å²) < 4.78 is 55.7. The normalized spacial score (nSPS) is 22.2. The van der Waals surface area contributed by atoms with E-state index in [4.69, 9.17) is 5.73 Å². The van der Waals surface area contributed by atoms with Gasteiger partial charge in [-0.1, -0.05) is 12.1 Å². The van der Waals surface area contributed by atoms with Gasteiger partial charge in [-0.3, -0.25) is 4.68 Å². The van der Waals surface area contributed by atoms with Crippen LogP contribution in [0.3, 0.4) is 0 Å². The van der Waals surface area contributed by atoms with Crippen LogP contribution in [0.1, 0.15) is 48.9 Å². The highest BCUT2D eigenvalue weighted by molar-refractivity contribution is 5.76. The molecule has 3 aromatic rings. The second kappa shape index (κ2) is 8.19. The SMILES string of the molecule is Nc1ncc(-c2cc3n(n2)CC[C@@]32CCN(C(=O)NC3(c4cccc(F)c4)CCC3)C2)cc1C(F)(F)F. The molecule has 1 saturated carbocycles. The average Bonchev–Trinajstić information content (AvgIpc) is 3.52. The predicted molar refractivity (Wildman–Crippen MR) is 128 cm³/mol. The zero-order valence-corrected chi connectivity index (χ0v) is 20.0. The lowest BCUT2D eigenvalue weighted by Gasteiger charge is -2.44. The van der Waals surface area contributed by atoms with Crippen LogP contribution in [-0.4, -0.2) is 38.8 Å². The van der Waals surface area contributed by atoms with Gasteiger partial charge in [0, 0.05) is 42.5 Å². The molecule has 0 unspecified atom stereocenters. The first-order valence-corrected chi connectivity index (χ1v) is 12.3. The van der Waals surface area contributed by atoms with Gasteiger partial charge >= 0.3 is 12.2 Å². The highest BCUT2D eigenvalue weighted by Gasteiger charge is 2.49. The number of fused-ring (bicyclic) bond motifs is 2. The number of nitrogens with one attached hydrogen (secondary N) is 1. The van der Waals surface area contributed by atoms with Crippen molar-refractivity contribution in [2.45, 2.75) is 55.8 Å². The third kappa shape index (κ3) is 3.91. The molecular weight excluding hydrogens is 488 g/mol. The molecule has 0 radical (unpaired) electrons. The van der Waals surface area contributed by atoms with Crippen molar-refractivity contribution in [1.29, 1.82) is 0 Å². The van der Waals surface area contributed by atoms with E-state index in [1.54, 1.807) is 11.0 Å². The van der Waals surface area contributed by atoms with Crippen LogP contribution in [0.25, 0.3) is 11.3 Å². The number of urea groups is 1. The lowest BCUT2D eigenvalue weighted by molar-refractivity contribution is -0.137. The molecule has 2 aliphatic heterocycles. The first kappa shape index (κ1) is 23.7. The molecule has 1 aliphatic carbocycles. The van der Waals surface area contributed by atoms with Crippen LogP contribution in [-0.2, 0) is 23.7 Å². The van der Waals surface area contributed by atoms with E-state index in [1.807, 2.05) is 16.8 Å².